The van der Waals surface area contributed by atoms with E-state index in [1.807, 2.05) is 13.8 Å². The van der Waals surface area contributed by atoms with Crippen molar-refractivity contribution in [3.63, 3.8) is 0 Å². The molecule has 0 aromatic heterocycles. The molecular formula is C13H19NO4. The maximum Gasteiger partial charge on any atom is 0.320 e. The van der Waals surface area contributed by atoms with E-state index in [0.29, 0.717) is 12.3 Å². The van der Waals surface area contributed by atoms with Gasteiger partial charge in [-0.3, -0.25) is 4.79 Å². The lowest BCUT2D eigenvalue weighted by atomic mass is 10.0. The van der Waals surface area contributed by atoms with Gasteiger partial charge in [0.1, 0.15) is 6.04 Å². The van der Waals surface area contributed by atoms with Gasteiger partial charge in [-0.2, -0.15) is 0 Å². The largest absolute Gasteiger partial charge is 0.504 e. The van der Waals surface area contributed by atoms with Crippen LogP contribution in [0.15, 0.2) is 18.2 Å². The molecule has 3 N–H and O–H groups in total. The lowest BCUT2D eigenvalue weighted by Crippen LogP contribution is -2.40. The van der Waals surface area contributed by atoms with Crippen LogP contribution in [0.1, 0.15) is 19.4 Å². The molecule has 1 aromatic carbocycles. The first-order chi connectivity index (χ1) is 8.45. The normalized spacial score (nSPS) is 12.4. The highest BCUT2D eigenvalue weighted by molar-refractivity contribution is 5.73. The van der Waals surface area contributed by atoms with Crippen LogP contribution < -0.4 is 10.1 Å². The highest BCUT2D eigenvalue weighted by atomic mass is 16.5. The molecule has 18 heavy (non-hydrogen) atoms. The molecule has 0 bridgehead atoms. The van der Waals surface area contributed by atoms with Crippen LogP contribution in [-0.2, 0) is 11.3 Å². The second kappa shape index (κ2) is 6.26. The molecular weight excluding hydrogens is 234 g/mol. The predicted molar refractivity (Wildman–Crippen MR) is 67.8 cm³/mol. The van der Waals surface area contributed by atoms with Crippen molar-refractivity contribution in [1.29, 1.82) is 0 Å². The Balaban J connectivity index is 2.68. The zero-order valence-electron chi connectivity index (χ0n) is 10.8. The average molecular weight is 253 g/mol. The summed E-state index contributed by atoms with van der Waals surface area (Å²) < 4.78 is 4.94. The van der Waals surface area contributed by atoms with Gasteiger partial charge in [0.25, 0.3) is 0 Å². The van der Waals surface area contributed by atoms with Crippen molar-refractivity contribution in [3.8, 4) is 11.5 Å². The van der Waals surface area contributed by atoms with Crippen molar-refractivity contribution in [2.24, 2.45) is 5.92 Å². The third-order valence-corrected chi connectivity index (χ3v) is 2.70. The summed E-state index contributed by atoms with van der Waals surface area (Å²) in [7, 11) is 1.48. The molecule has 5 heteroatoms. The van der Waals surface area contributed by atoms with Gasteiger partial charge in [0.2, 0.25) is 0 Å². The molecule has 1 aromatic rings. The molecule has 0 fully saturated rings. The van der Waals surface area contributed by atoms with E-state index in [1.165, 1.54) is 7.11 Å². The van der Waals surface area contributed by atoms with E-state index in [-0.39, 0.29) is 11.7 Å². The molecule has 5 nitrogen and oxygen atoms in total. The van der Waals surface area contributed by atoms with E-state index in [4.69, 9.17) is 9.84 Å². The molecule has 0 spiro atoms. The molecule has 0 heterocycles. The fraction of sp³-hybridized carbons (Fsp3) is 0.462. The van der Waals surface area contributed by atoms with Crippen molar-refractivity contribution in [2.75, 3.05) is 7.11 Å². The van der Waals surface area contributed by atoms with Crippen LogP contribution in [0.5, 0.6) is 11.5 Å². The number of ether oxygens (including phenoxy) is 1. The zero-order valence-corrected chi connectivity index (χ0v) is 10.8. The topological polar surface area (TPSA) is 78.8 Å². The van der Waals surface area contributed by atoms with E-state index in [9.17, 15) is 9.90 Å². The number of methoxy groups -OCH3 is 1. The van der Waals surface area contributed by atoms with Gasteiger partial charge in [0.05, 0.1) is 7.11 Å². The van der Waals surface area contributed by atoms with E-state index in [1.54, 1.807) is 18.2 Å². The summed E-state index contributed by atoms with van der Waals surface area (Å²) in [6.45, 7) is 4.07. The lowest BCUT2D eigenvalue weighted by Gasteiger charge is -2.18. The van der Waals surface area contributed by atoms with Gasteiger partial charge in [-0.1, -0.05) is 19.9 Å². The Morgan fingerprint density at radius 1 is 1.44 bits per heavy atom. The lowest BCUT2D eigenvalue weighted by molar-refractivity contribution is -0.140. The van der Waals surface area contributed by atoms with Gasteiger partial charge in [0, 0.05) is 6.54 Å². The Bertz CT molecular complexity index is 417. The molecule has 0 radical (unpaired) electrons. The monoisotopic (exact) mass is 253 g/mol. The van der Waals surface area contributed by atoms with Gasteiger partial charge in [-0.15, -0.1) is 0 Å². The Kier molecular flexibility index (Phi) is 4.97. The van der Waals surface area contributed by atoms with Crippen molar-refractivity contribution in [1.82, 2.24) is 5.32 Å². The van der Waals surface area contributed by atoms with E-state index in [0.717, 1.165) is 5.56 Å². The van der Waals surface area contributed by atoms with Crippen LogP contribution in [0.3, 0.4) is 0 Å². The van der Waals surface area contributed by atoms with Gasteiger partial charge in [-0.25, -0.2) is 0 Å². The summed E-state index contributed by atoms with van der Waals surface area (Å²) in [5.74, 6) is -0.428. The summed E-state index contributed by atoms with van der Waals surface area (Å²) in [6.07, 6.45) is 0. The molecule has 0 aliphatic heterocycles. The Morgan fingerprint density at radius 3 is 2.56 bits per heavy atom. The maximum atomic E-state index is 11.0. The highest BCUT2D eigenvalue weighted by Gasteiger charge is 2.20. The molecule has 0 saturated carbocycles. The number of aromatic hydroxyl groups is 1. The second-order valence-electron chi connectivity index (χ2n) is 4.45. The van der Waals surface area contributed by atoms with Gasteiger partial charge in [0.15, 0.2) is 11.5 Å². The number of nitrogens with one attached hydrogen (secondary N) is 1. The minimum absolute atomic E-state index is 0.00524. The summed E-state index contributed by atoms with van der Waals surface area (Å²) >= 11 is 0. The first kappa shape index (κ1) is 14.3. The number of hydrogen-bond acceptors (Lipinski definition) is 4. The highest BCUT2D eigenvalue weighted by Crippen LogP contribution is 2.26. The fourth-order valence-corrected chi connectivity index (χ4v) is 1.68. The van der Waals surface area contributed by atoms with E-state index >= 15 is 0 Å². The molecule has 1 rings (SSSR count). The van der Waals surface area contributed by atoms with Crippen LogP contribution >= 0.6 is 0 Å². The van der Waals surface area contributed by atoms with Crippen molar-refractivity contribution < 1.29 is 19.7 Å². The summed E-state index contributed by atoms with van der Waals surface area (Å²) in [6, 6.07) is 4.39. The molecule has 0 saturated heterocycles. The third kappa shape index (κ3) is 3.63. The Labute approximate surface area is 106 Å². The number of phenolic OH excluding ortho intramolecular Hbond substituents is 1. The van der Waals surface area contributed by atoms with Gasteiger partial charge >= 0.3 is 5.97 Å². The first-order valence-corrected chi connectivity index (χ1v) is 5.77. The van der Waals surface area contributed by atoms with Crippen LogP contribution in [0.4, 0.5) is 0 Å². The summed E-state index contributed by atoms with van der Waals surface area (Å²) in [5, 5.41) is 21.6. The van der Waals surface area contributed by atoms with Crippen LogP contribution in [0.25, 0.3) is 0 Å². The Morgan fingerprint density at radius 2 is 2.11 bits per heavy atom. The molecule has 100 valence electrons. The van der Waals surface area contributed by atoms with Crippen molar-refractivity contribution in [3.05, 3.63) is 23.8 Å². The number of carboxylic acids is 1. The number of phenols is 1. The summed E-state index contributed by atoms with van der Waals surface area (Å²) in [5.41, 5.74) is 0.806. The van der Waals surface area contributed by atoms with Crippen LogP contribution in [0.2, 0.25) is 0 Å². The van der Waals surface area contributed by atoms with Crippen molar-refractivity contribution >= 4 is 5.97 Å². The van der Waals surface area contributed by atoms with Gasteiger partial charge < -0.3 is 20.3 Å². The number of carboxylic acid groups (broad SMARTS) is 1. The molecule has 1 unspecified atom stereocenters. The second-order valence-corrected chi connectivity index (χ2v) is 4.45. The van der Waals surface area contributed by atoms with Gasteiger partial charge in [-0.05, 0) is 23.6 Å². The first-order valence-electron chi connectivity index (χ1n) is 5.77. The quantitative estimate of drug-likeness (QED) is 0.717. The maximum absolute atomic E-state index is 11.0. The minimum atomic E-state index is -0.872. The molecule has 0 amide bonds. The fourth-order valence-electron chi connectivity index (χ4n) is 1.68. The average Bonchev–Trinajstić information content (AvgIpc) is 2.28. The number of rotatable bonds is 6. The number of benzene rings is 1. The SMILES string of the molecule is COc1ccc(CNC(C(=O)O)C(C)C)cc1O. The smallest absolute Gasteiger partial charge is 0.320 e. The molecule has 1 atom stereocenters. The zero-order chi connectivity index (χ0) is 13.7. The number of hydrogen-bond donors (Lipinski definition) is 3. The van der Waals surface area contributed by atoms with Crippen molar-refractivity contribution in [2.45, 2.75) is 26.4 Å². The number of carbonyl (C=O) groups is 1. The standard InChI is InChI=1S/C13H19NO4/c1-8(2)12(13(16)17)14-7-9-4-5-11(18-3)10(15)6-9/h4-6,8,12,14-15H,7H2,1-3H3,(H,16,17). The number of aliphatic carboxylic acids is 1. The molecule has 0 aliphatic carbocycles. The van der Waals surface area contributed by atoms with Crippen LogP contribution in [-0.4, -0.2) is 29.3 Å². The third-order valence-electron chi connectivity index (χ3n) is 2.70. The minimum Gasteiger partial charge on any atom is -0.504 e. The summed E-state index contributed by atoms with van der Waals surface area (Å²) in [4.78, 5) is 11.0. The molecule has 0 aliphatic rings. The van der Waals surface area contributed by atoms with E-state index < -0.39 is 12.0 Å². The Hall–Kier alpha value is -1.75. The van der Waals surface area contributed by atoms with Crippen LogP contribution in [0, 0.1) is 5.92 Å². The van der Waals surface area contributed by atoms with E-state index in [2.05, 4.69) is 5.32 Å². The predicted octanol–water partition coefficient (Wildman–Crippen LogP) is 1.60.